The molecule has 5 aromatic carbocycles. The van der Waals surface area contributed by atoms with E-state index in [0.717, 1.165) is 27.8 Å². The third-order valence-electron chi connectivity index (χ3n) is 8.17. The van der Waals surface area contributed by atoms with Gasteiger partial charge >= 0.3 is 12.2 Å². The summed E-state index contributed by atoms with van der Waals surface area (Å²) >= 11 is 1.45. The monoisotopic (exact) mass is 732 g/mol. The number of hydrogen-bond donors (Lipinski definition) is 3. The second-order valence-electron chi connectivity index (χ2n) is 11.6. The van der Waals surface area contributed by atoms with Crippen LogP contribution in [0.15, 0.2) is 133 Å². The molecular weight excluding hydrogens is 693 g/mol. The number of carboxylic acid groups (broad SMARTS) is 1. The highest BCUT2D eigenvalue weighted by Gasteiger charge is 2.38. The number of methoxy groups -OCH3 is 2. The Balaban J connectivity index is 1.17. The molecule has 0 spiro atoms. The first-order chi connectivity index (χ1) is 25.8. The van der Waals surface area contributed by atoms with Crippen LogP contribution in [0, 0.1) is 0 Å². The predicted octanol–water partition coefficient (Wildman–Crippen LogP) is 7.87. The van der Waals surface area contributed by atoms with Gasteiger partial charge in [-0.1, -0.05) is 115 Å². The molecule has 0 saturated heterocycles. The van der Waals surface area contributed by atoms with Crippen LogP contribution in [0.2, 0.25) is 0 Å². The average Bonchev–Trinajstić information content (AvgIpc) is 3.20. The molecule has 5 rings (SSSR count). The van der Waals surface area contributed by atoms with E-state index < -0.39 is 28.9 Å². The number of carbonyl (C=O) groups is 3. The highest BCUT2D eigenvalue weighted by atomic mass is 32.2. The Morgan fingerprint density at radius 1 is 0.698 bits per heavy atom. The van der Waals surface area contributed by atoms with Gasteiger partial charge in [-0.25, -0.2) is 9.59 Å². The maximum Gasteiger partial charge on any atom is 0.513 e. The Morgan fingerprint density at radius 2 is 1.21 bits per heavy atom. The Bertz CT molecular complexity index is 1850. The van der Waals surface area contributed by atoms with E-state index in [-0.39, 0.29) is 24.7 Å². The van der Waals surface area contributed by atoms with E-state index in [1.54, 1.807) is 44.6 Å². The van der Waals surface area contributed by atoms with Crippen LogP contribution in [-0.2, 0) is 14.3 Å². The number of nitrogens with one attached hydrogen (secondary N) is 2. The van der Waals surface area contributed by atoms with Crippen LogP contribution in [0.25, 0.3) is 12.2 Å². The van der Waals surface area contributed by atoms with Crippen molar-refractivity contribution in [1.29, 1.82) is 0 Å². The van der Waals surface area contributed by atoms with Gasteiger partial charge in [-0.05, 0) is 52.1 Å². The van der Waals surface area contributed by atoms with E-state index in [4.69, 9.17) is 18.9 Å². The molecule has 3 N–H and O–H groups in total. The second kappa shape index (κ2) is 18.9. The van der Waals surface area contributed by atoms with Crippen LogP contribution in [-0.4, -0.2) is 62.4 Å². The lowest BCUT2D eigenvalue weighted by molar-refractivity contribution is -0.122. The molecule has 5 aromatic rings. The summed E-state index contributed by atoms with van der Waals surface area (Å²) in [7, 11) is 3.18. The SMILES string of the molecule is COc1cc(/C=C/c2ccc(OC(=O)OCCNC(=O)C(CSC(c3ccccc3)(c3ccccc3)c3ccccc3)NC(=O)O)cc2)cc(OC)c1. The van der Waals surface area contributed by atoms with E-state index in [0.29, 0.717) is 11.5 Å². The molecular formula is C42H40N2O8S. The number of carbonyl (C=O) groups excluding carboxylic acids is 2. The fourth-order valence-electron chi connectivity index (χ4n) is 5.63. The minimum atomic E-state index is -1.34. The normalized spacial score (nSPS) is 11.7. The third kappa shape index (κ3) is 10.4. The van der Waals surface area contributed by atoms with Gasteiger partial charge in [0.1, 0.15) is 29.9 Å². The molecule has 0 saturated carbocycles. The molecule has 0 radical (unpaired) electrons. The Labute approximate surface area is 312 Å². The molecule has 10 nitrogen and oxygen atoms in total. The molecule has 0 bridgehead atoms. The van der Waals surface area contributed by atoms with Crippen molar-refractivity contribution in [3.63, 3.8) is 0 Å². The summed E-state index contributed by atoms with van der Waals surface area (Å²) in [5, 5.41) is 14.7. The van der Waals surface area contributed by atoms with Crippen molar-refractivity contribution in [1.82, 2.24) is 10.6 Å². The van der Waals surface area contributed by atoms with Crippen molar-refractivity contribution in [2.45, 2.75) is 10.8 Å². The summed E-state index contributed by atoms with van der Waals surface area (Å²) in [5.41, 5.74) is 4.68. The summed E-state index contributed by atoms with van der Waals surface area (Å²) < 4.78 is 20.3. The lowest BCUT2D eigenvalue weighted by atomic mass is 9.84. The van der Waals surface area contributed by atoms with Crippen LogP contribution < -0.4 is 24.8 Å². The molecule has 0 fully saturated rings. The summed E-state index contributed by atoms with van der Waals surface area (Å²) in [4.78, 5) is 37.5. The Morgan fingerprint density at radius 3 is 1.70 bits per heavy atom. The minimum absolute atomic E-state index is 0.0591. The molecule has 0 aliphatic heterocycles. The zero-order valence-electron chi connectivity index (χ0n) is 29.3. The quantitative estimate of drug-likeness (QED) is 0.0305. The van der Waals surface area contributed by atoms with Gasteiger partial charge in [-0.15, -0.1) is 11.8 Å². The number of ether oxygens (including phenoxy) is 4. The highest BCUT2D eigenvalue weighted by molar-refractivity contribution is 8.00. The first-order valence-corrected chi connectivity index (χ1v) is 17.7. The van der Waals surface area contributed by atoms with Crippen LogP contribution >= 0.6 is 11.8 Å². The van der Waals surface area contributed by atoms with Crippen molar-refractivity contribution < 1.29 is 38.4 Å². The summed E-state index contributed by atoms with van der Waals surface area (Å²) in [6.07, 6.45) is 1.53. The zero-order chi connectivity index (χ0) is 37.5. The van der Waals surface area contributed by atoms with Crippen LogP contribution in [0.4, 0.5) is 9.59 Å². The van der Waals surface area contributed by atoms with E-state index in [1.807, 2.05) is 115 Å². The molecule has 1 atom stereocenters. The molecule has 0 aliphatic rings. The fraction of sp³-hybridized carbons (Fsp3) is 0.167. The summed E-state index contributed by atoms with van der Waals surface area (Å²) in [5.74, 6) is 1.17. The minimum Gasteiger partial charge on any atom is -0.497 e. The largest absolute Gasteiger partial charge is 0.513 e. The first kappa shape index (κ1) is 38.0. The van der Waals surface area contributed by atoms with Gasteiger partial charge in [-0.3, -0.25) is 4.79 Å². The predicted molar refractivity (Wildman–Crippen MR) is 207 cm³/mol. The maximum atomic E-state index is 13.3. The number of thioether (sulfide) groups is 1. The van der Waals surface area contributed by atoms with Gasteiger partial charge in [0.05, 0.1) is 25.5 Å². The smallest absolute Gasteiger partial charge is 0.497 e. The van der Waals surface area contributed by atoms with Gasteiger partial charge in [0.15, 0.2) is 0 Å². The van der Waals surface area contributed by atoms with E-state index in [1.165, 1.54) is 11.8 Å². The number of benzene rings is 5. The molecule has 11 heteroatoms. The van der Waals surface area contributed by atoms with Crippen molar-refractivity contribution in [2.75, 3.05) is 33.1 Å². The standard InChI is InChI=1S/C42H40N2O8S/c1-49-36-26-31(27-37(28-36)50-2)19-18-30-20-22-35(23-21-30)52-41(48)51-25-24-43-39(45)38(44-40(46)47)29-53-42(32-12-6-3-7-13-32,33-14-8-4-9-15-33)34-16-10-5-11-17-34/h3-23,26-28,38,44H,24-25,29H2,1-2H3,(H,43,45)(H,46,47)/b19-18+. The average molecular weight is 733 g/mol. The van der Waals surface area contributed by atoms with Gasteiger partial charge in [0.25, 0.3) is 0 Å². The molecule has 53 heavy (non-hydrogen) atoms. The summed E-state index contributed by atoms with van der Waals surface area (Å²) in [6, 6.07) is 41.0. The molecule has 0 aromatic heterocycles. The summed E-state index contributed by atoms with van der Waals surface area (Å²) in [6.45, 7) is -0.249. The van der Waals surface area contributed by atoms with Gasteiger partial charge in [0, 0.05) is 11.8 Å². The molecule has 272 valence electrons. The van der Waals surface area contributed by atoms with Crippen molar-refractivity contribution in [3.05, 3.63) is 161 Å². The van der Waals surface area contributed by atoms with Gasteiger partial charge in [-0.2, -0.15) is 0 Å². The third-order valence-corrected chi connectivity index (χ3v) is 9.81. The van der Waals surface area contributed by atoms with Crippen molar-refractivity contribution in [3.8, 4) is 17.2 Å². The molecule has 0 heterocycles. The van der Waals surface area contributed by atoms with Crippen molar-refractivity contribution in [2.24, 2.45) is 0 Å². The first-order valence-electron chi connectivity index (χ1n) is 16.7. The molecule has 0 aliphatic carbocycles. The number of amides is 2. The Hall–Kier alpha value is -6.20. The second-order valence-corrected chi connectivity index (χ2v) is 12.9. The van der Waals surface area contributed by atoms with Crippen LogP contribution in [0.3, 0.4) is 0 Å². The van der Waals surface area contributed by atoms with Crippen LogP contribution in [0.1, 0.15) is 27.8 Å². The lowest BCUT2D eigenvalue weighted by Gasteiger charge is -2.36. The Kier molecular flexibility index (Phi) is 13.5. The van der Waals surface area contributed by atoms with Crippen LogP contribution in [0.5, 0.6) is 17.2 Å². The highest BCUT2D eigenvalue weighted by Crippen LogP contribution is 2.48. The van der Waals surface area contributed by atoms with Crippen molar-refractivity contribution >= 4 is 42.1 Å². The van der Waals surface area contributed by atoms with E-state index in [2.05, 4.69) is 10.6 Å². The zero-order valence-corrected chi connectivity index (χ0v) is 30.1. The van der Waals surface area contributed by atoms with Gasteiger partial charge < -0.3 is 34.7 Å². The molecule has 2 amide bonds. The van der Waals surface area contributed by atoms with E-state index in [9.17, 15) is 19.5 Å². The van der Waals surface area contributed by atoms with Gasteiger partial charge in [0.2, 0.25) is 5.91 Å². The lowest BCUT2D eigenvalue weighted by Crippen LogP contribution is -2.49. The molecule has 1 unspecified atom stereocenters. The topological polar surface area (TPSA) is 132 Å². The fourth-order valence-corrected chi connectivity index (χ4v) is 7.19. The maximum absolute atomic E-state index is 13.3. The number of hydrogen-bond acceptors (Lipinski definition) is 8. The van der Waals surface area contributed by atoms with E-state index >= 15 is 0 Å². The number of rotatable bonds is 16.